The van der Waals surface area contributed by atoms with Gasteiger partial charge in [-0.05, 0) is 35.9 Å². The molecular formula is C18H18FNO5. The van der Waals surface area contributed by atoms with E-state index >= 15 is 0 Å². The van der Waals surface area contributed by atoms with Crippen LogP contribution in [0.15, 0.2) is 42.5 Å². The fraction of sp³-hybridized carbons (Fsp3) is 0.222. The predicted molar refractivity (Wildman–Crippen MR) is 88.1 cm³/mol. The second kappa shape index (κ2) is 8.68. The molecule has 1 amide bonds. The highest BCUT2D eigenvalue weighted by atomic mass is 19.1. The Labute approximate surface area is 144 Å². The summed E-state index contributed by atoms with van der Waals surface area (Å²) in [5, 5.41) is 2.62. The highest BCUT2D eigenvalue weighted by molar-refractivity contribution is 5.91. The first-order valence-electron chi connectivity index (χ1n) is 7.43. The van der Waals surface area contributed by atoms with Gasteiger partial charge in [-0.2, -0.15) is 0 Å². The van der Waals surface area contributed by atoms with Crippen LogP contribution in [0.5, 0.6) is 11.5 Å². The summed E-state index contributed by atoms with van der Waals surface area (Å²) in [6.07, 6.45) is 0. The smallest absolute Gasteiger partial charge is 0.338 e. The lowest BCUT2D eigenvalue weighted by atomic mass is 10.2. The van der Waals surface area contributed by atoms with E-state index in [-0.39, 0.29) is 17.9 Å². The highest BCUT2D eigenvalue weighted by Crippen LogP contribution is 2.18. The van der Waals surface area contributed by atoms with Crippen LogP contribution in [0, 0.1) is 5.82 Å². The third-order valence-electron chi connectivity index (χ3n) is 3.35. The average molecular weight is 347 g/mol. The molecule has 1 N–H and O–H groups in total. The summed E-state index contributed by atoms with van der Waals surface area (Å²) in [6.45, 7) is -0.193. The van der Waals surface area contributed by atoms with Crippen LogP contribution in [-0.4, -0.2) is 32.7 Å². The van der Waals surface area contributed by atoms with E-state index < -0.39 is 24.3 Å². The zero-order valence-electron chi connectivity index (χ0n) is 13.9. The summed E-state index contributed by atoms with van der Waals surface area (Å²) in [4.78, 5) is 23.6. The first kappa shape index (κ1) is 18.3. The average Bonchev–Trinajstić information content (AvgIpc) is 2.64. The second-order valence-electron chi connectivity index (χ2n) is 5.05. The van der Waals surface area contributed by atoms with Crippen molar-refractivity contribution < 1.29 is 28.2 Å². The van der Waals surface area contributed by atoms with Crippen LogP contribution in [0.25, 0.3) is 0 Å². The minimum Gasteiger partial charge on any atom is -0.497 e. The molecule has 25 heavy (non-hydrogen) atoms. The normalized spacial score (nSPS) is 10.0. The Morgan fingerprint density at radius 2 is 1.88 bits per heavy atom. The van der Waals surface area contributed by atoms with Crippen molar-refractivity contribution in [1.82, 2.24) is 5.32 Å². The van der Waals surface area contributed by atoms with Gasteiger partial charge >= 0.3 is 5.97 Å². The number of carbonyl (C=O) groups excluding carboxylic acids is 2. The van der Waals surface area contributed by atoms with Crippen LogP contribution >= 0.6 is 0 Å². The molecule has 2 rings (SSSR count). The summed E-state index contributed by atoms with van der Waals surface area (Å²) in [7, 11) is 2.88. The van der Waals surface area contributed by atoms with Gasteiger partial charge in [-0.15, -0.1) is 0 Å². The van der Waals surface area contributed by atoms with Gasteiger partial charge in [0.25, 0.3) is 5.91 Å². The van der Waals surface area contributed by atoms with Gasteiger partial charge in [0.2, 0.25) is 0 Å². The summed E-state index contributed by atoms with van der Waals surface area (Å²) in [6, 6.07) is 10.9. The van der Waals surface area contributed by atoms with Crippen LogP contribution in [0.4, 0.5) is 4.39 Å². The van der Waals surface area contributed by atoms with Crippen LogP contribution < -0.4 is 14.8 Å². The quantitative estimate of drug-likeness (QED) is 0.778. The zero-order valence-corrected chi connectivity index (χ0v) is 13.9. The summed E-state index contributed by atoms with van der Waals surface area (Å²) >= 11 is 0. The molecule has 0 fully saturated rings. The van der Waals surface area contributed by atoms with Crippen LogP contribution in [0.1, 0.15) is 15.9 Å². The van der Waals surface area contributed by atoms with Crippen molar-refractivity contribution in [3.8, 4) is 11.5 Å². The Bertz CT molecular complexity index is 763. The number of hydrogen-bond acceptors (Lipinski definition) is 5. The van der Waals surface area contributed by atoms with Crippen molar-refractivity contribution in [1.29, 1.82) is 0 Å². The van der Waals surface area contributed by atoms with Crippen molar-refractivity contribution in [3.63, 3.8) is 0 Å². The molecule has 0 aromatic heterocycles. The van der Waals surface area contributed by atoms with Gasteiger partial charge in [-0.1, -0.05) is 12.1 Å². The Hall–Kier alpha value is -3.09. The largest absolute Gasteiger partial charge is 0.497 e. The van der Waals surface area contributed by atoms with Gasteiger partial charge in [0.1, 0.15) is 5.75 Å². The van der Waals surface area contributed by atoms with E-state index in [0.29, 0.717) is 5.75 Å². The van der Waals surface area contributed by atoms with Gasteiger partial charge in [0.05, 0.1) is 19.8 Å². The number of halogens is 1. The first-order chi connectivity index (χ1) is 12.0. The lowest BCUT2D eigenvalue weighted by Crippen LogP contribution is -2.28. The number of nitrogens with one attached hydrogen (secondary N) is 1. The maximum absolute atomic E-state index is 13.6. The molecule has 0 aliphatic heterocycles. The van der Waals surface area contributed by atoms with Gasteiger partial charge in [-0.3, -0.25) is 4.79 Å². The minimum absolute atomic E-state index is 0.00102. The molecule has 0 unspecified atom stereocenters. The predicted octanol–water partition coefficient (Wildman–Crippen LogP) is 2.32. The van der Waals surface area contributed by atoms with E-state index in [0.717, 1.165) is 11.6 Å². The lowest BCUT2D eigenvalue weighted by Gasteiger charge is -2.08. The number of amides is 1. The van der Waals surface area contributed by atoms with Gasteiger partial charge in [0, 0.05) is 6.54 Å². The number of benzene rings is 2. The van der Waals surface area contributed by atoms with Crippen molar-refractivity contribution in [2.45, 2.75) is 6.54 Å². The standard InChI is InChI=1S/C18H18FNO5/c1-23-14-5-3-4-12(8-14)10-20-17(21)11-25-18(22)13-6-7-16(24-2)15(19)9-13/h3-9H,10-11H2,1-2H3,(H,20,21). The van der Waals surface area contributed by atoms with Crippen molar-refractivity contribution in [2.75, 3.05) is 20.8 Å². The summed E-state index contributed by atoms with van der Waals surface area (Å²) < 4.78 is 28.3. The fourth-order valence-electron chi connectivity index (χ4n) is 2.04. The van der Waals surface area contributed by atoms with Gasteiger partial charge in [0.15, 0.2) is 18.2 Å². The van der Waals surface area contributed by atoms with E-state index in [1.807, 2.05) is 6.07 Å². The van der Waals surface area contributed by atoms with Crippen molar-refractivity contribution in [2.24, 2.45) is 0 Å². The molecule has 6 nitrogen and oxygen atoms in total. The second-order valence-corrected chi connectivity index (χ2v) is 5.05. The maximum atomic E-state index is 13.6. The van der Waals surface area contributed by atoms with E-state index in [9.17, 15) is 14.0 Å². The fourth-order valence-corrected chi connectivity index (χ4v) is 2.04. The monoisotopic (exact) mass is 347 g/mol. The number of methoxy groups -OCH3 is 2. The lowest BCUT2D eigenvalue weighted by molar-refractivity contribution is -0.124. The highest BCUT2D eigenvalue weighted by Gasteiger charge is 2.13. The molecule has 0 saturated heterocycles. The summed E-state index contributed by atoms with van der Waals surface area (Å²) in [5.74, 6) is -1.24. The molecule has 0 aliphatic rings. The summed E-state index contributed by atoms with van der Waals surface area (Å²) in [5.41, 5.74) is 0.843. The van der Waals surface area contributed by atoms with Gasteiger partial charge in [-0.25, -0.2) is 9.18 Å². The molecule has 2 aromatic carbocycles. The molecule has 0 spiro atoms. The van der Waals surface area contributed by atoms with Crippen molar-refractivity contribution >= 4 is 11.9 Å². The molecule has 0 aliphatic carbocycles. The van der Waals surface area contributed by atoms with E-state index in [1.54, 1.807) is 25.3 Å². The maximum Gasteiger partial charge on any atom is 0.338 e. The number of carbonyl (C=O) groups is 2. The third-order valence-corrected chi connectivity index (χ3v) is 3.35. The van der Waals surface area contributed by atoms with E-state index in [2.05, 4.69) is 5.32 Å². The molecule has 132 valence electrons. The molecule has 0 radical (unpaired) electrons. The topological polar surface area (TPSA) is 73.9 Å². The van der Waals surface area contributed by atoms with Crippen molar-refractivity contribution in [3.05, 3.63) is 59.4 Å². The zero-order chi connectivity index (χ0) is 18.2. The van der Waals surface area contributed by atoms with Crippen LogP contribution in [0.2, 0.25) is 0 Å². The Balaban J connectivity index is 1.82. The molecular weight excluding hydrogens is 329 g/mol. The van der Waals surface area contributed by atoms with Crippen LogP contribution in [-0.2, 0) is 16.1 Å². The number of esters is 1. The van der Waals surface area contributed by atoms with Crippen LogP contribution in [0.3, 0.4) is 0 Å². The minimum atomic E-state index is -0.793. The molecule has 2 aromatic rings. The van der Waals surface area contributed by atoms with E-state index in [1.165, 1.54) is 19.2 Å². The molecule has 0 atom stereocenters. The number of rotatable bonds is 7. The number of hydrogen-bond donors (Lipinski definition) is 1. The Kier molecular flexibility index (Phi) is 6.33. The Morgan fingerprint density at radius 3 is 2.56 bits per heavy atom. The molecule has 0 heterocycles. The molecule has 7 heteroatoms. The third kappa shape index (κ3) is 5.20. The van der Waals surface area contributed by atoms with E-state index in [4.69, 9.17) is 14.2 Å². The number of ether oxygens (including phenoxy) is 3. The molecule has 0 saturated carbocycles. The first-order valence-corrected chi connectivity index (χ1v) is 7.43. The Morgan fingerprint density at radius 1 is 1.08 bits per heavy atom. The molecule has 0 bridgehead atoms. The SMILES string of the molecule is COc1cccc(CNC(=O)COC(=O)c2ccc(OC)c(F)c2)c1. The van der Waals surface area contributed by atoms with Gasteiger partial charge < -0.3 is 19.5 Å².